The first-order valence-electron chi connectivity index (χ1n) is 6.14. The Hall–Kier alpha value is -1.60. The maximum absolute atomic E-state index is 6.24. The van der Waals surface area contributed by atoms with Crippen molar-refractivity contribution in [2.24, 2.45) is 5.73 Å². The Bertz CT molecular complexity index is 553. The van der Waals surface area contributed by atoms with Crippen LogP contribution in [0.1, 0.15) is 24.0 Å². The van der Waals surface area contributed by atoms with Crippen LogP contribution in [-0.4, -0.2) is 0 Å². The van der Waals surface area contributed by atoms with Crippen LogP contribution in [0.2, 0.25) is 0 Å². The Morgan fingerprint density at radius 3 is 2.24 bits per heavy atom. The minimum Gasteiger partial charge on any atom is -0.321 e. The summed E-state index contributed by atoms with van der Waals surface area (Å²) in [6.07, 6.45) is 2.23. The molecule has 0 amide bonds. The van der Waals surface area contributed by atoms with Gasteiger partial charge >= 0.3 is 0 Å². The predicted octanol–water partition coefficient (Wildman–Crippen LogP) is 3.61. The minimum atomic E-state index is -0.0418. The lowest BCUT2D eigenvalue weighted by atomic mass is 9.98. The highest BCUT2D eigenvalue weighted by Crippen LogP contribution is 2.43. The Morgan fingerprint density at radius 2 is 1.59 bits per heavy atom. The van der Waals surface area contributed by atoms with Gasteiger partial charge in [0.1, 0.15) is 0 Å². The molecule has 2 aromatic rings. The molecule has 1 heteroatoms. The summed E-state index contributed by atoms with van der Waals surface area (Å²) in [7, 11) is 0. The topological polar surface area (TPSA) is 26.0 Å². The molecule has 0 radical (unpaired) electrons. The van der Waals surface area contributed by atoms with E-state index in [-0.39, 0.29) is 5.54 Å². The van der Waals surface area contributed by atoms with Gasteiger partial charge < -0.3 is 5.73 Å². The van der Waals surface area contributed by atoms with Crippen LogP contribution in [-0.2, 0) is 5.54 Å². The highest BCUT2D eigenvalue weighted by Gasteiger charge is 2.39. The normalized spacial score (nSPS) is 16.8. The third-order valence-corrected chi connectivity index (χ3v) is 3.58. The van der Waals surface area contributed by atoms with Gasteiger partial charge in [-0.3, -0.25) is 0 Å². The second-order valence-electron chi connectivity index (χ2n) is 5.11. The summed E-state index contributed by atoms with van der Waals surface area (Å²) >= 11 is 0. The van der Waals surface area contributed by atoms with Gasteiger partial charge in [-0.1, -0.05) is 48.0 Å². The number of hydrogen-bond donors (Lipinski definition) is 1. The quantitative estimate of drug-likeness (QED) is 0.827. The Morgan fingerprint density at radius 1 is 0.941 bits per heavy atom. The van der Waals surface area contributed by atoms with Crippen LogP contribution in [0.25, 0.3) is 11.1 Å². The second-order valence-corrected chi connectivity index (χ2v) is 5.11. The van der Waals surface area contributed by atoms with E-state index in [0.717, 1.165) is 12.8 Å². The first kappa shape index (κ1) is 10.5. The summed E-state index contributed by atoms with van der Waals surface area (Å²) in [5.74, 6) is 0. The summed E-state index contributed by atoms with van der Waals surface area (Å²) in [6.45, 7) is 2.12. The van der Waals surface area contributed by atoms with Crippen molar-refractivity contribution < 1.29 is 0 Å². The van der Waals surface area contributed by atoms with Crippen molar-refractivity contribution in [3.05, 3.63) is 59.7 Å². The van der Waals surface area contributed by atoms with Gasteiger partial charge in [0.2, 0.25) is 0 Å². The lowest BCUT2D eigenvalue weighted by Crippen LogP contribution is -2.18. The standard InChI is InChI=1S/C16H17N/c1-12-4-2-5-13(10-12)14-6-3-7-15(11-14)16(17)8-9-16/h2-7,10-11H,8-9,17H2,1H3. The summed E-state index contributed by atoms with van der Waals surface area (Å²) < 4.78 is 0. The Balaban J connectivity index is 2.03. The molecule has 1 nitrogen and oxygen atoms in total. The maximum atomic E-state index is 6.24. The van der Waals surface area contributed by atoms with Crippen molar-refractivity contribution >= 4 is 0 Å². The largest absolute Gasteiger partial charge is 0.321 e. The molecule has 17 heavy (non-hydrogen) atoms. The fourth-order valence-corrected chi connectivity index (χ4v) is 2.26. The number of hydrogen-bond acceptors (Lipinski definition) is 1. The molecule has 0 aromatic heterocycles. The Labute approximate surface area is 102 Å². The van der Waals surface area contributed by atoms with E-state index < -0.39 is 0 Å². The van der Waals surface area contributed by atoms with E-state index in [4.69, 9.17) is 5.73 Å². The molecule has 0 spiro atoms. The van der Waals surface area contributed by atoms with Crippen molar-refractivity contribution in [1.29, 1.82) is 0 Å². The van der Waals surface area contributed by atoms with Crippen LogP contribution in [0.15, 0.2) is 48.5 Å². The van der Waals surface area contributed by atoms with Crippen molar-refractivity contribution in [2.45, 2.75) is 25.3 Å². The zero-order chi connectivity index (χ0) is 11.9. The highest BCUT2D eigenvalue weighted by molar-refractivity contribution is 5.65. The molecule has 1 saturated carbocycles. The average molecular weight is 223 g/mol. The maximum Gasteiger partial charge on any atom is 0.0411 e. The monoisotopic (exact) mass is 223 g/mol. The number of nitrogens with two attached hydrogens (primary N) is 1. The third kappa shape index (κ3) is 1.98. The van der Waals surface area contributed by atoms with Crippen LogP contribution < -0.4 is 5.73 Å². The molecular weight excluding hydrogens is 206 g/mol. The number of aryl methyl sites for hydroxylation is 1. The molecule has 0 heterocycles. The number of rotatable bonds is 2. The summed E-state index contributed by atoms with van der Waals surface area (Å²) in [6, 6.07) is 17.3. The molecule has 1 aliphatic rings. The SMILES string of the molecule is Cc1cccc(-c2cccc(C3(N)CC3)c2)c1. The molecule has 2 aromatic carbocycles. The summed E-state index contributed by atoms with van der Waals surface area (Å²) in [4.78, 5) is 0. The Kier molecular flexibility index (Phi) is 2.30. The molecule has 0 unspecified atom stereocenters. The van der Waals surface area contributed by atoms with Crippen LogP contribution >= 0.6 is 0 Å². The van der Waals surface area contributed by atoms with Gasteiger partial charge in [-0.25, -0.2) is 0 Å². The van der Waals surface area contributed by atoms with Gasteiger partial charge in [0, 0.05) is 5.54 Å². The van der Waals surface area contributed by atoms with Crippen molar-refractivity contribution in [3.63, 3.8) is 0 Å². The highest BCUT2D eigenvalue weighted by atomic mass is 14.8. The van der Waals surface area contributed by atoms with E-state index in [1.165, 1.54) is 22.3 Å². The average Bonchev–Trinajstić information content (AvgIpc) is 3.09. The van der Waals surface area contributed by atoms with E-state index >= 15 is 0 Å². The van der Waals surface area contributed by atoms with Gasteiger partial charge in [-0.2, -0.15) is 0 Å². The molecule has 1 aliphatic carbocycles. The van der Waals surface area contributed by atoms with E-state index in [2.05, 4.69) is 55.5 Å². The van der Waals surface area contributed by atoms with E-state index in [0.29, 0.717) is 0 Å². The molecule has 1 fully saturated rings. The lowest BCUT2D eigenvalue weighted by molar-refractivity contribution is 0.740. The second kappa shape index (κ2) is 3.71. The zero-order valence-electron chi connectivity index (χ0n) is 10.1. The molecule has 2 N–H and O–H groups in total. The predicted molar refractivity (Wildman–Crippen MR) is 71.7 cm³/mol. The molecule has 86 valence electrons. The lowest BCUT2D eigenvalue weighted by Gasteiger charge is -2.11. The minimum absolute atomic E-state index is 0.0418. The van der Waals surface area contributed by atoms with E-state index in [9.17, 15) is 0 Å². The van der Waals surface area contributed by atoms with Gasteiger partial charge in [-0.05, 0) is 42.5 Å². The van der Waals surface area contributed by atoms with E-state index in [1.807, 2.05) is 0 Å². The van der Waals surface area contributed by atoms with Crippen LogP contribution in [0.5, 0.6) is 0 Å². The fraction of sp³-hybridized carbons (Fsp3) is 0.250. The van der Waals surface area contributed by atoms with Gasteiger partial charge in [0.25, 0.3) is 0 Å². The molecule has 0 saturated heterocycles. The fourth-order valence-electron chi connectivity index (χ4n) is 2.26. The summed E-state index contributed by atoms with van der Waals surface area (Å²) in [5, 5.41) is 0. The van der Waals surface area contributed by atoms with E-state index in [1.54, 1.807) is 0 Å². The third-order valence-electron chi connectivity index (χ3n) is 3.58. The van der Waals surface area contributed by atoms with Crippen LogP contribution in [0.4, 0.5) is 0 Å². The van der Waals surface area contributed by atoms with Crippen molar-refractivity contribution in [3.8, 4) is 11.1 Å². The van der Waals surface area contributed by atoms with Crippen molar-refractivity contribution in [2.75, 3.05) is 0 Å². The van der Waals surface area contributed by atoms with Crippen LogP contribution in [0.3, 0.4) is 0 Å². The van der Waals surface area contributed by atoms with Crippen LogP contribution in [0, 0.1) is 6.92 Å². The van der Waals surface area contributed by atoms with Gasteiger partial charge in [-0.15, -0.1) is 0 Å². The molecule has 3 rings (SSSR count). The summed E-state index contributed by atoms with van der Waals surface area (Å²) in [5.41, 5.74) is 11.3. The molecule has 0 aliphatic heterocycles. The van der Waals surface area contributed by atoms with Crippen molar-refractivity contribution in [1.82, 2.24) is 0 Å². The van der Waals surface area contributed by atoms with Gasteiger partial charge in [0.15, 0.2) is 0 Å². The van der Waals surface area contributed by atoms with Gasteiger partial charge in [0.05, 0.1) is 0 Å². The first-order chi connectivity index (χ1) is 8.17. The first-order valence-corrected chi connectivity index (χ1v) is 6.14. The molecule has 0 bridgehead atoms. The molecule has 0 atom stereocenters. The molecular formula is C16H17N. The number of benzene rings is 2. The zero-order valence-corrected chi connectivity index (χ0v) is 10.1. The smallest absolute Gasteiger partial charge is 0.0411 e.